The molecule has 8 nitrogen and oxygen atoms in total. The van der Waals surface area contributed by atoms with Crippen molar-refractivity contribution in [3.8, 4) is 0 Å². The van der Waals surface area contributed by atoms with Crippen LogP contribution in [0.25, 0.3) is 0 Å². The fraction of sp³-hybridized carbons (Fsp3) is 0.786. The minimum Gasteiger partial charge on any atom is -0.453 e. The molecule has 0 atom stereocenters. The fourth-order valence-corrected chi connectivity index (χ4v) is 2.24. The van der Waals surface area contributed by atoms with Crippen molar-refractivity contribution >= 4 is 17.9 Å². The van der Waals surface area contributed by atoms with E-state index in [9.17, 15) is 14.4 Å². The number of carbonyl (C=O) groups is 3. The lowest BCUT2D eigenvalue weighted by atomic mass is 9.97. The van der Waals surface area contributed by atoms with Gasteiger partial charge in [-0.3, -0.25) is 9.59 Å². The number of likely N-dealkylation sites (N-methyl/N-ethyl adjacent to an activating group) is 1. The summed E-state index contributed by atoms with van der Waals surface area (Å²) in [5.41, 5.74) is 0. The minimum absolute atomic E-state index is 0.277. The summed E-state index contributed by atoms with van der Waals surface area (Å²) in [6.07, 6.45) is 1.26. The highest BCUT2D eigenvalue weighted by atomic mass is 16.5. The number of piperidine rings is 1. The Morgan fingerprint density at radius 3 is 2.27 bits per heavy atom. The maximum Gasteiger partial charge on any atom is 0.409 e. The van der Waals surface area contributed by atoms with E-state index in [1.54, 1.807) is 4.90 Å². The van der Waals surface area contributed by atoms with Crippen LogP contribution in [-0.2, 0) is 14.3 Å². The van der Waals surface area contributed by atoms with Crippen molar-refractivity contribution in [1.82, 2.24) is 20.4 Å². The van der Waals surface area contributed by atoms with Crippen molar-refractivity contribution in [2.45, 2.75) is 12.8 Å². The smallest absolute Gasteiger partial charge is 0.409 e. The first-order chi connectivity index (χ1) is 10.4. The maximum atomic E-state index is 11.7. The summed E-state index contributed by atoms with van der Waals surface area (Å²) in [7, 11) is 5.16. The van der Waals surface area contributed by atoms with E-state index in [1.807, 2.05) is 19.0 Å². The standard InChI is InChI=1S/C14H26N4O4/c1-17(2)9-6-15-12(19)13(20)16-10-11-4-7-18(8-5-11)14(21)22-3/h11H,4-10H2,1-3H3,(H,15,19)(H,16,20). The summed E-state index contributed by atoms with van der Waals surface area (Å²) >= 11 is 0. The maximum absolute atomic E-state index is 11.7. The Balaban J connectivity index is 2.19. The van der Waals surface area contributed by atoms with Crippen LogP contribution in [0.4, 0.5) is 4.79 Å². The van der Waals surface area contributed by atoms with Crippen LogP contribution < -0.4 is 10.6 Å². The number of likely N-dealkylation sites (tertiary alicyclic amines) is 1. The SMILES string of the molecule is COC(=O)N1CCC(CNC(=O)C(=O)NCCN(C)C)CC1. The average Bonchev–Trinajstić information content (AvgIpc) is 2.51. The number of ether oxygens (including phenoxy) is 1. The molecule has 0 radical (unpaired) electrons. The molecule has 0 spiro atoms. The van der Waals surface area contributed by atoms with Crippen LogP contribution in [0.2, 0.25) is 0 Å². The van der Waals surface area contributed by atoms with Gasteiger partial charge in [0.05, 0.1) is 7.11 Å². The van der Waals surface area contributed by atoms with Gasteiger partial charge in [0.15, 0.2) is 0 Å². The van der Waals surface area contributed by atoms with Gasteiger partial charge in [0, 0.05) is 32.7 Å². The van der Waals surface area contributed by atoms with Crippen molar-refractivity contribution in [1.29, 1.82) is 0 Å². The van der Waals surface area contributed by atoms with Gasteiger partial charge in [-0.25, -0.2) is 4.79 Å². The summed E-state index contributed by atoms with van der Waals surface area (Å²) in [6.45, 7) is 2.81. The quantitative estimate of drug-likeness (QED) is 0.652. The fourth-order valence-electron chi connectivity index (χ4n) is 2.24. The largest absolute Gasteiger partial charge is 0.453 e. The number of carbonyl (C=O) groups excluding carboxylic acids is 3. The molecular formula is C14H26N4O4. The van der Waals surface area contributed by atoms with E-state index in [2.05, 4.69) is 15.4 Å². The molecule has 1 aliphatic heterocycles. The normalized spacial score (nSPS) is 15.5. The number of hydrogen-bond donors (Lipinski definition) is 2. The molecular weight excluding hydrogens is 288 g/mol. The molecule has 0 unspecified atom stereocenters. The number of methoxy groups -OCH3 is 1. The molecule has 1 saturated heterocycles. The summed E-state index contributed by atoms with van der Waals surface area (Å²) in [5, 5.41) is 5.22. The molecule has 0 aromatic rings. The van der Waals surface area contributed by atoms with Crippen molar-refractivity contribution in [3.05, 3.63) is 0 Å². The predicted octanol–water partition coefficient (Wildman–Crippen LogP) is -0.741. The number of hydrogen-bond acceptors (Lipinski definition) is 5. The highest BCUT2D eigenvalue weighted by Crippen LogP contribution is 2.16. The van der Waals surface area contributed by atoms with Crippen LogP contribution in [0.5, 0.6) is 0 Å². The van der Waals surface area contributed by atoms with E-state index >= 15 is 0 Å². The Hall–Kier alpha value is -1.83. The zero-order valence-electron chi connectivity index (χ0n) is 13.6. The van der Waals surface area contributed by atoms with Crippen LogP contribution >= 0.6 is 0 Å². The van der Waals surface area contributed by atoms with Gasteiger partial charge in [-0.1, -0.05) is 0 Å². The molecule has 0 saturated carbocycles. The molecule has 126 valence electrons. The minimum atomic E-state index is -0.603. The number of nitrogens with one attached hydrogen (secondary N) is 2. The lowest BCUT2D eigenvalue weighted by molar-refractivity contribution is -0.139. The molecule has 0 bridgehead atoms. The Kier molecular flexibility index (Phi) is 7.65. The highest BCUT2D eigenvalue weighted by Gasteiger charge is 2.24. The Bertz CT molecular complexity index is 392. The topological polar surface area (TPSA) is 91.0 Å². The first-order valence-electron chi connectivity index (χ1n) is 7.47. The van der Waals surface area contributed by atoms with Gasteiger partial charge in [0.1, 0.15) is 0 Å². The molecule has 22 heavy (non-hydrogen) atoms. The van der Waals surface area contributed by atoms with Gasteiger partial charge in [-0.15, -0.1) is 0 Å². The highest BCUT2D eigenvalue weighted by molar-refractivity contribution is 6.35. The van der Waals surface area contributed by atoms with Gasteiger partial charge in [-0.2, -0.15) is 0 Å². The first-order valence-corrected chi connectivity index (χ1v) is 7.47. The zero-order valence-corrected chi connectivity index (χ0v) is 13.6. The van der Waals surface area contributed by atoms with E-state index in [-0.39, 0.29) is 12.0 Å². The van der Waals surface area contributed by atoms with Crippen molar-refractivity contribution in [2.75, 3.05) is 53.9 Å². The first kappa shape index (κ1) is 18.2. The van der Waals surface area contributed by atoms with E-state index < -0.39 is 11.8 Å². The number of rotatable bonds is 5. The van der Waals surface area contributed by atoms with Crippen molar-refractivity contribution in [2.24, 2.45) is 5.92 Å². The molecule has 0 aliphatic carbocycles. The molecule has 1 rings (SSSR count). The second-order valence-corrected chi connectivity index (χ2v) is 5.67. The second-order valence-electron chi connectivity index (χ2n) is 5.67. The third kappa shape index (κ3) is 6.30. The molecule has 3 amide bonds. The van der Waals surface area contributed by atoms with Gasteiger partial charge in [0.2, 0.25) is 0 Å². The van der Waals surface area contributed by atoms with Crippen molar-refractivity contribution < 1.29 is 19.1 Å². The predicted molar refractivity (Wildman–Crippen MR) is 81.3 cm³/mol. The molecule has 2 N–H and O–H groups in total. The van der Waals surface area contributed by atoms with E-state index in [4.69, 9.17) is 0 Å². The van der Waals surface area contributed by atoms with Gasteiger partial charge in [0.25, 0.3) is 0 Å². The molecule has 1 fully saturated rings. The molecule has 1 aliphatic rings. The van der Waals surface area contributed by atoms with Crippen LogP contribution in [0.1, 0.15) is 12.8 Å². The van der Waals surface area contributed by atoms with Gasteiger partial charge >= 0.3 is 17.9 Å². The summed E-state index contributed by atoms with van der Waals surface area (Å²) < 4.78 is 4.67. The average molecular weight is 314 g/mol. The Morgan fingerprint density at radius 2 is 1.73 bits per heavy atom. The summed E-state index contributed by atoms with van der Waals surface area (Å²) in [4.78, 5) is 38.1. The second kappa shape index (κ2) is 9.24. The van der Waals surface area contributed by atoms with E-state index in [0.29, 0.717) is 32.7 Å². The molecule has 1 heterocycles. The summed E-state index contributed by atoms with van der Waals surface area (Å²) in [6, 6.07) is 0. The molecule has 0 aromatic heterocycles. The van der Waals surface area contributed by atoms with E-state index in [1.165, 1.54) is 7.11 Å². The van der Waals surface area contributed by atoms with Crippen LogP contribution in [0.3, 0.4) is 0 Å². The molecule has 8 heteroatoms. The lowest BCUT2D eigenvalue weighted by Crippen LogP contribution is -2.45. The summed E-state index contributed by atoms with van der Waals surface area (Å²) in [5.74, 6) is -0.928. The van der Waals surface area contributed by atoms with Crippen LogP contribution in [0.15, 0.2) is 0 Å². The third-order valence-corrected chi connectivity index (χ3v) is 3.65. The van der Waals surface area contributed by atoms with Gasteiger partial charge in [-0.05, 0) is 32.9 Å². The van der Waals surface area contributed by atoms with Crippen LogP contribution in [0, 0.1) is 5.92 Å². The number of amides is 3. The van der Waals surface area contributed by atoms with Crippen LogP contribution in [-0.4, -0.2) is 81.6 Å². The van der Waals surface area contributed by atoms with Gasteiger partial charge < -0.3 is 25.2 Å². The third-order valence-electron chi connectivity index (χ3n) is 3.65. The Morgan fingerprint density at radius 1 is 1.14 bits per heavy atom. The van der Waals surface area contributed by atoms with Crippen molar-refractivity contribution in [3.63, 3.8) is 0 Å². The lowest BCUT2D eigenvalue weighted by Gasteiger charge is -2.30. The zero-order chi connectivity index (χ0) is 16.5. The van der Waals surface area contributed by atoms with E-state index in [0.717, 1.165) is 12.8 Å². The number of nitrogens with zero attached hydrogens (tertiary/aromatic N) is 2. The Labute approximate surface area is 131 Å². The molecule has 0 aromatic carbocycles. The monoisotopic (exact) mass is 314 g/mol.